The predicted molar refractivity (Wildman–Crippen MR) is 272 cm³/mol. The minimum Gasteiger partial charge on any atom is -0.387 e. The van der Waals surface area contributed by atoms with E-state index in [2.05, 4.69) is 43.5 Å². The average molecular weight is 910 g/mol. The zero-order valence-corrected chi connectivity index (χ0v) is 43.2. The number of quaternary nitrogens is 1. The Morgan fingerprint density at radius 3 is 1.27 bits per heavy atom. The molecule has 0 aromatic rings. The minimum absolute atomic E-state index is 0.0550. The summed E-state index contributed by atoms with van der Waals surface area (Å²) < 4.78 is 23.6. The summed E-state index contributed by atoms with van der Waals surface area (Å²) >= 11 is 0. The van der Waals surface area contributed by atoms with Gasteiger partial charge in [0.15, 0.2) is 0 Å². The van der Waals surface area contributed by atoms with Crippen LogP contribution in [0.2, 0.25) is 0 Å². The fraction of sp³-hybridized carbons (Fsp3) is 0.870. The Kier molecular flexibility index (Phi) is 44.9. The van der Waals surface area contributed by atoms with E-state index in [1.165, 1.54) is 186 Å². The summed E-state index contributed by atoms with van der Waals surface area (Å²) in [5.41, 5.74) is 0. The van der Waals surface area contributed by atoms with E-state index < -0.39 is 20.0 Å². The molecule has 0 aliphatic carbocycles. The van der Waals surface area contributed by atoms with Gasteiger partial charge in [0.25, 0.3) is 0 Å². The first-order chi connectivity index (χ1) is 30.5. The Labute approximate surface area is 391 Å². The van der Waals surface area contributed by atoms with Crippen LogP contribution in [0.1, 0.15) is 251 Å². The van der Waals surface area contributed by atoms with Gasteiger partial charge in [0.1, 0.15) is 13.2 Å². The number of carbonyl (C=O) groups excluding carboxylic acids is 1. The molecule has 0 aromatic carbocycles. The summed E-state index contributed by atoms with van der Waals surface area (Å²) in [7, 11) is 1.55. The van der Waals surface area contributed by atoms with Crippen LogP contribution in [0.4, 0.5) is 0 Å². The van der Waals surface area contributed by atoms with Gasteiger partial charge in [0.2, 0.25) is 5.91 Å². The van der Waals surface area contributed by atoms with E-state index in [0.29, 0.717) is 17.4 Å². The Hall–Kier alpha value is -1.28. The summed E-state index contributed by atoms with van der Waals surface area (Å²) in [6.45, 7) is 4.81. The number of phosphoric ester groups is 1. The topological polar surface area (TPSA) is 105 Å². The lowest BCUT2D eigenvalue weighted by Gasteiger charge is -2.25. The van der Waals surface area contributed by atoms with Crippen LogP contribution in [0.25, 0.3) is 0 Å². The molecule has 3 atom stereocenters. The largest absolute Gasteiger partial charge is 0.472 e. The summed E-state index contributed by atoms with van der Waals surface area (Å²) in [6.07, 6.45) is 58.1. The number of phosphoric acid groups is 1. The maximum Gasteiger partial charge on any atom is 0.472 e. The normalized spacial score (nSPS) is 14.3. The zero-order valence-electron chi connectivity index (χ0n) is 42.3. The highest BCUT2D eigenvalue weighted by molar-refractivity contribution is 7.47. The van der Waals surface area contributed by atoms with Gasteiger partial charge in [0.05, 0.1) is 39.9 Å². The van der Waals surface area contributed by atoms with Gasteiger partial charge in [-0.15, -0.1) is 0 Å². The molecule has 9 heteroatoms. The number of likely N-dealkylation sites (N-methyl/N-ethyl adjacent to an activating group) is 1. The molecule has 0 saturated heterocycles. The van der Waals surface area contributed by atoms with E-state index in [0.717, 1.165) is 44.9 Å². The Balaban J connectivity index is 4.33. The molecule has 0 saturated carbocycles. The quantitative estimate of drug-likeness (QED) is 0.0243. The standard InChI is InChI=1S/C54H105N2O6P/c1-6-8-10-12-14-16-18-20-22-24-26-28-29-31-33-35-37-39-41-43-45-47-53(57)52(51-62-63(59,60)61-50-49-56(3,4)5)55-54(58)48-46-44-42-40-38-36-34-32-30-27-25-23-21-19-17-15-13-11-9-7-2/h29,31,37,39,45,47,52-53,57H,6-28,30,32-36,38,40-44,46,48-51H2,1-5H3,(H-,55,58,59,60)/p+1/b31-29+,39-37+,47-45+. The number of aliphatic hydroxyl groups excluding tert-OH is 1. The van der Waals surface area contributed by atoms with Crippen LogP contribution in [-0.4, -0.2) is 73.4 Å². The Morgan fingerprint density at radius 1 is 0.524 bits per heavy atom. The number of amides is 1. The maximum absolute atomic E-state index is 12.9. The molecule has 0 fully saturated rings. The van der Waals surface area contributed by atoms with Gasteiger partial charge in [0, 0.05) is 6.42 Å². The smallest absolute Gasteiger partial charge is 0.387 e. The van der Waals surface area contributed by atoms with Crippen molar-refractivity contribution in [3.05, 3.63) is 36.5 Å². The lowest BCUT2D eigenvalue weighted by molar-refractivity contribution is -0.870. The second kappa shape index (κ2) is 45.9. The molecule has 0 aliphatic heterocycles. The van der Waals surface area contributed by atoms with E-state index in [-0.39, 0.29) is 19.1 Å². The van der Waals surface area contributed by atoms with Crippen molar-refractivity contribution in [2.75, 3.05) is 40.9 Å². The third-order valence-corrected chi connectivity index (χ3v) is 13.1. The average Bonchev–Trinajstić information content (AvgIpc) is 3.24. The lowest BCUT2D eigenvalue weighted by Crippen LogP contribution is -2.45. The summed E-state index contributed by atoms with van der Waals surface area (Å²) in [5, 5.41) is 13.9. The van der Waals surface area contributed by atoms with E-state index in [1.54, 1.807) is 6.08 Å². The zero-order chi connectivity index (χ0) is 46.4. The molecule has 0 heterocycles. The predicted octanol–water partition coefficient (Wildman–Crippen LogP) is 15.8. The van der Waals surface area contributed by atoms with Crippen LogP contribution in [0.3, 0.4) is 0 Å². The molecule has 3 unspecified atom stereocenters. The molecular weight excluding hydrogens is 804 g/mol. The van der Waals surface area contributed by atoms with Crippen molar-refractivity contribution in [2.24, 2.45) is 0 Å². The molecule has 0 aromatic heterocycles. The van der Waals surface area contributed by atoms with Crippen LogP contribution in [0.5, 0.6) is 0 Å². The van der Waals surface area contributed by atoms with Gasteiger partial charge < -0.3 is 19.8 Å². The minimum atomic E-state index is -4.35. The maximum atomic E-state index is 12.9. The van der Waals surface area contributed by atoms with Crippen LogP contribution in [-0.2, 0) is 18.4 Å². The van der Waals surface area contributed by atoms with Crippen molar-refractivity contribution in [2.45, 2.75) is 264 Å². The van der Waals surface area contributed by atoms with Gasteiger partial charge in [-0.1, -0.05) is 237 Å². The third-order valence-electron chi connectivity index (χ3n) is 12.1. The number of nitrogens with one attached hydrogen (secondary N) is 1. The molecule has 0 rings (SSSR count). The number of unbranched alkanes of at least 4 members (excludes halogenated alkanes) is 32. The van der Waals surface area contributed by atoms with Gasteiger partial charge in [-0.05, 0) is 44.9 Å². The van der Waals surface area contributed by atoms with Gasteiger partial charge in [-0.3, -0.25) is 13.8 Å². The van der Waals surface area contributed by atoms with E-state index >= 15 is 0 Å². The summed E-state index contributed by atoms with van der Waals surface area (Å²) in [4.78, 5) is 23.2. The highest BCUT2D eigenvalue weighted by Crippen LogP contribution is 2.43. The number of allylic oxidation sites excluding steroid dienone is 5. The molecule has 0 radical (unpaired) electrons. The molecule has 8 nitrogen and oxygen atoms in total. The highest BCUT2D eigenvalue weighted by atomic mass is 31.2. The van der Waals surface area contributed by atoms with Gasteiger partial charge in [-0.2, -0.15) is 0 Å². The van der Waals surface area contributed by atoms with Crippen LogP contribution in [0.15, 0.2) is 36.5 Å². The fourth-order valence-corrected chi connectivity index (χ4v) is 8.58. The third kappa shape index (κ3) is 48.5. The summed E-state index contributed by atoms with van der Waals surface area (Å²) in [5.74, 6) is -0.187. The number of carbonyl (C=O) groups is 1. The van der Waals surface area contributed by atoms with Crippen LogP contribution < -0.4 is 5.32 Å². The first kappa shape index (κ1) is 61.7. The molecule has 0 spiro atoms. The first-order valence-corrected chi connectivity index (χ1v) is 28.4. The second-order valence-electron chi connectivity index (χ2n) is 19.6. The van der Waals surface area contributed by atoms with Crippen molar-refractivity contribution in [1.82, 2.24) is 5.32 Å². The van der Waals surface area contributed by atoms with Gasteiger partial charge in [-0.25, -0.2) is 4.57 Å². The Morgan fingerprint density at radius 2 is 0.873 bits per heavy atom. The van der Waals surface area contributed by atoms with E-state index in [9.17, 15) is 19.4 Å². The van der Waals surface area contributed by atoms with Crippen LogP contribution >= 0.6 is 7.82 Å². The summed E-state index contributed by atoms with van der Waals surface area (Å²) in [6, 6.07) is -0.867. The number of hydrogen-bond acceptors (Lipinski definition) is 5. The van der Waals surface area contributed by atoms with Crippen LogP contribution in [0, 0.1) is 0 Å². The monoisotopic (exact) mass is 910 g/mol. The van der Waals surface area contributed by atoms with Crippen molar-refractivity contribution in [3.63, 3.8) is 0 Å². The number of nitrogens with zero attached hydrogens (tertiary/aromatic N) is 1. The molecule has 3 N–H and O–H groups in total. The molecule has 63 heavy (non-hydrogen) atoms. The van der Waals surface area contributed by atoms with Gasteiger partial charge >= 0.3 is 7.82 Å². The van der Waals surface area contributed by atoms with Crippen molar-refractivity contribution in [3.8, 4) is 0 Å². The first-order valence-electron chi connectivity index (χ1n) is 26.9. The molecule has 372 valence electrons. The second-order valence-corrected chi connectivity index (χ2v) is 21.0. The molecule has 0 aliphatic rings. The lowest BCUT2D eigenvalue weighted by atomic mass is 10.0. The van der Waals surface area contributed by atoms with E-state index in [1.807, 2.05) is 27.2 Å². The SMILES string of the molecule is CCCCCCCCCCCCC/C=C/CC/C=C/CC/C=C/C(O)C(COP(=O)(O)OCC[N+](C)(C)C)NC(=O)CCCCCCCCCCCCCCCCCCCCCC. The number of rotatable bonds is 49. The Bertz CT molecular complexity index is 1120. The molecule has 1 amide bonds. The highest BCUT2D eigenvalue weighted by Gasteiger charge is 2.27. The number of hydrogen-bond donors (Lipinski definition) is 3. The fourth-order valence-electron chi connectivity index (χ4n) is 7.84. The number of aliphatic hydroxyl groups is 1. The molecule has 0 bridgehead atoms. The van der Waals surface area contributed by atoms with Crippen molar-refractivity contribution in [1.29, 1.82) is 0 Å². The van der Waals surface area contributed by atoms with Crippen molar-refractivity contribution >= 4 is 13.7 Å². The van der Waals surface area contributed by atoms with E-state index in [4.69, 9.17) is 9.05 Å². The van der Waals surface area contributed by atoms with Crippen molar-refractivity contribution < 1.29 is 32.9 Å². The molecular formula is C54H106N2O6P+.